The van der Waals surface area contributed by atoms with Crippen LogP contribution in [0, 0.1) is 6.92 Å². The molecule has 9 nitrogen and oxygen atoms in total. The van der Waals surface area contributed by atoms with Crippen molar-refractivity contribution in [3.05, 3.63) is 34.5 Å². The number of hydrogen-bond acceptors (Lipinski definition) is 8. The number of thiazole rings is 1. The van der Waals surface area contributed by atoms with Crippen LogP contribution in [0.3, 0.4) is 0 Å². The number of rotatable bonds is 3. The first-order chi connectivity index (χ1) is 10.6. The van der Waals surface area contributed by atoms with Crippen molar-refractivity contribution in [3.63, 3.8) is 0 Å². The smallest absolute Gasteiger partial charge is 0.357 e. The van der Waals surface area contributed by atoms with E-state index < -0.39 is 5.97 Å². The van der Waals surface area contributed by atoms with E-state index >= 15 is 0 Å². The molecule has 0 spiro atoms. The number of esters is 1. The molecule has 0 aliphatic heterocycles. The SMILES string of the molecule is COC(=O)c1nc(NC(=O)c2ccc3nnnn3c2)sc1C. The Morgan fingerprint density at radius 3 is 2.95 bits per heavy atom. The van der Waals surface area contributed by atoms with Gasteiger partial charge in [0.05, 0.1) is 12.7 Å². The molecule has 1 N–H and O–H groups in total. The molecule has 0 unspecified atom stereocenters. The summed E-state index contributed by atoms with van der Waals surface area (Å²) in [6.07, 6.45) is 1.51. The van der Waals surface area contributed by atoms with Gasteiger partial charge in [0.2, 0.25) is 0 Å². The van der Waals surface area contributed by atoms with Gasteiger partial charge in [0.1, 0.15) is 0 Å². The number of ether oxygens (including phenoxy) is 1. The highest BCUT2D eigenvalue weighted by molar-refractivity contribution is 7.16. The molecule has 10 heteroatoms. The van der Waals surface area contributed by atoms with Crippen LogP contribution >= 0.6 is 11.3 Å². The van der Waals surface area contributed by atoms with Crippen LogP contribution in [0.1, 0.15) is 25.7 Å². The molecule has 22 heavy (non-hydrogen) atoms. The first-order valence-corrected chi connectivity index (χ1v) is 6.95. The second-order valence-corrected chi connectivity index (χ2v) is 5.47. The van der Waals surface area contributed by atoms with Gasteiger partial charge < -0.3 is 4.74 Å². The Hall–Kier alpha value is -2.88. The predicted octanol–water partition coefficient (Wildman–Crippen LogP) is 0.928. The van der Waals surface area contributed by atoms with Crippen molar-refractivity contribution in [2.75, 3.05) is 12.4 Å². The van der Waals surface area contributed by atoms with Crippen LogP contribution in [-0.2, 0) is 4.74 Å². The molecule has 3 aromatic heterocycles. The van der Waals surface area contributed by atoms with Gasteiger partial charge >= 0.3 is 5.97 Å². The molecule has 0 bridgehead atoms. The average Bonchev–Trinajstić information content (AvgIpc) is 3.11. The fraction of sp³-hybridized carbons (Fsp3) is 0.167. The fourth-order valence-corrected chi connectivity index (χ4v) is 2.58. The number of nitrogens with one attached hydrogen (secondary N) is 1. The van der Waals surface area contributed by atoms with Gasteiger partial charge in [-0.05, 0) is 29.5 Å². The van der Waals surface area contributed by atoms with Crippen LogP contribution in [0.2, 0.25) is 0 Å². The monoisotopic (exact) mass is 318 g/mol. The molecule has 0 aromatic carbocycles. The lowest BCUT2D eigenvalue weighted by Crippen LogP contribution is -2.13. The second kappa shape index (κ2) is 5.48. The molecule has 0 aliphatic rings. The summed E-state index contributed by atoms with van der Waals surface area (Å²) in [6, 6.07) is 3.23. The van der Waals surface area contributed by atoms with E-state index in [0.29, 0.717) is 21.2 Å². The third-order valence-corrected chi connectivity index (χ3v) is 3.74. The van der Waals surface area contributed by atoms with E-state index in [2.05, 4.69) is 30.6 Å². The van der Waals surface area contributed by atoms with Crippen molar-refractivity contribution in [1.29, 1.82) is 0 Å². The number of fused-ring (bicyclic) bond motifs is 1. The van der Waals surface area contributed by atoms with Gasteiger partial charge in [-0.25, -0.2) is 9.78 Å². The number of amides is 1. The van der Waals surface area contributed by atoms with E-state index in [4.69, 9.17) is 0 Å². The Morgan fingerprint density at radius 2 is 2.18 bits per heavy atom. The van der Waals surface area contributed by atoms with Gasteiger partial charge in [-0.1, -0.05) is 0 Å². The van der Waals surface area contributed by atoms with Gasteiger partial charge in [-0.3, -0.25) is 10.1 Å². The summed E-state index contributed by atoms with van der Waals surface area (Å²) in [5, 5.41) is 13.9. The first kappa shape index (κ1) is 14.1. The van der Waals surface area contributed by atoms with Crippen molar-refractivity contribution < 1.29 is 14.3 Å². The lowest BCUT2D eigenvalue weighted by Gasteiger charge is -2.01. The van der Waals surface area contributed by atoms with E-state index in [-0.39, 0.29) is 11.6 Å². The van der Waals surface area contributed by atoms with Crippen LogP contribution in [0.15, 0.2) is 18.3 Å². The number of hydrogen-bond donors (Lipinski definition) is 1. The molecule has 3 rings (SSSR count). The summed E-state index contributed by atoms with van der Waals surface area (Å²) in [5.41, 5.74) is 1.10. The maximum absolute atomic E-state index is 12.2. The maximum atomic E-state index is 12.2. The Kier molecular flexibility index (Phi) is 3.51. The highest BCUT2D eigenvalue weighted by atomic mass is 32.1. The van der Waals surface area contributed by atoms with E-state index in [1.807, 2.05) is 0 Å². The summed E-state index contributed by atoms with van der Waals surface area (Å²) in [7, 11) is 1.28. The van der Waals surface area contributed by atoms with Gasteiger partial charge in [0.25, 0.3) is 5.91 Å². The van der Waals surface area contributed by atoms with Gasteiger partial charge in [0, 0.05) is 11.1 Å². The number of aryl methyl sites for hydroxylation is 1. The molecule has 112 valence electrons. The number of anilines is 1. The van der Waals surface area contributed by atoms with E-state index in [1.54, 1.807) is 19.1 Å². The number of methoxy groups -OCH3 is 1. The van der Waals surface area contributed by atoms with Crippen molar-refractivity contribution in [2.24, 2.45) is 0 Å². The number of tetrazole rings is 1. The molecule has 0 aliphatic carbocycles. The summed E-state index contributed by atoms with van der Waals surface area (Å²) in [6.45, 7) is 1.73. The zero-order valence-electron chi connectivity index (χ0n) is 11.6. The minimum Gasteiger partial charge on any atom is -0.464 e. The highest BCUT2D eigenvalue weighted by Crippen LogP contribution is 2.23. The molecule has 0 atom stereocenters. The lowest BCUT2D eigenvalue weighted by molar-refractivity contribution is 0.0594. The minimum absolute atomic E-state index is 0.193. The number of carbonyl (C=O) groups is 2. The van der Waals surface area contributed by atoms with Gasteiger partial charge in [0.15, 0.2) is 16.5 Å². The Bertz CT molecular complexity index is 871. The fourth-order valence-electron chi connectivity index (χ4n) is 1.78. The summed E-state index contributed by atoms with van der Waals surface area (Å²) in [5.74, 6) is -0.910. The Labute approximate surface area is 127 Å². The summed E-state index contributed by atoms with van der Waals surface area (Å²) < 4.78 is 6.02. The van der Waals surface area contributed by atoms with Crippen LogP contribution in [0.25, 0.3) is 5.65 Å². The zero-order valence-corrected chi connectivity index (χ0v) is 12.4. The summed E-state index contributed by atoms with van der Waals surface area (Å²) >= 11 is 1.20. The largest absolute Gasteiger partial charge is 0.464 e. The quantitative estimate of drug-likeness (QED) is 0.715. The maximum Gasteiger partial charge on any atom is 0.357 e. The third kappa shape index (κ3) is 2.51. The van der Waals surface area contributed by atoms with Crippen molar-refractivity contribution in [1.82, 2.24) is 25.0 Å². The zero-order chi connectivity index (χ0) is 15.7. The topological polar surface area (TPSA) is 111 Å². The molecule has 0 fully saturated rings. The number of aromatic nitrogens is 5. The van der Waals surface area contributed by atoms with Crippen LogP contribution in [0.5, 0.6) is 0 Å². The number of pyridine rings is 1. The number of nitrogens with zero attached hydrogens (tertiary/aromatic N) is 5. The molecular weight excluding hydrogens is 308 g/mol. The van der Waals surface area contributed by atoms with Crippen molar-refractivity contribution in [3.8, 4) is 0 Å². The Morgan fingerprint density at radius 1 is 1.36 bits per heavy atom. The molecule has 0 saturated heterocycles. The standard InChI is InChI=1S/C12H10N6O3S/c1-6-9(11(20)21-2)13-12(22-6)14-10(19)7-3-4-8-15-16-17-18(8)5-7/h3-5H,1-2H3,(H,13,14,19). The lowest BCUT2D eigenvalue weighted by atomic mass is 10.3. The van der Waals surface area contributed by atoms with Gasteiger partial charge in [-0.2, -0.15) is 4.52 Å². The molecule has 0 radical (unpaired) electrons. The predicted molar refractivity (Wildman–Crippen MR) is 76.9 cm³/mol. The van der Waals surface area contributed by atoms with E-state index in [0.717, 1.165) is 0 Å². The Balaban J connectivity index is 1.83. The molecule has 3 heterocycles. The van der Waals surface area contributed by atoms with Crippen LogP contribution in [0.4, 0.5) is 5.13 Å². The second-order valence-electron chi connectivity index (χ2n) is 4.27. The van der Waals surface area contributed by atoms with Gasteiger partial charge in [-0.15, -0.1) is 16.4 Å². The normalized spacial score (nSPS) is 10.6. The minimum atomic E-state index is -0.538. The van der Waals surface area contributed by atoms with Crippen molar-refractivity contribution >= 4 is 34.0 Å². The average molecular weight is 318 g/mol. The van der Waals surface area contributed by atoms with E-state index in [1.165, 1.54) is 29.2 Å². The van der Waals surface area contributed by atoms with Crippen LogP contribution in [-0.4, -0.2) is 44.0 Å². The van der Waals surface area contributed by atoms with Crippen molar-refractivity contribution in [2.45, 2.75) is 6.92 Å². The molecule has 1 amide bonds. The first-order valence-electron chi connectivity index (χ1n) is 6.13. The number of carbonyl (C=O) groups excluding carboxylic acids is 2. The summed E-state index contributed by atoms with van der Waals surface area (Å²) in [4.78, 5) is 28.4. The van der Waals surface area contributed by atoms with E-state index in [9.17, 15) is 9.59 Å². The molecule has 0 saturated carbocycles. The van der Waals surface area contributed by atoms with Crippen LogP contribution < -0.4 is 5.32 Å². The molecular formula is C12H10N6O3S. The third-order valence-electron chi connectivity index (χ3n) is 2.85. The molecule has 3 aromatic rings. The highest BCUT2D eigenvalue weighted by Gasteiger charge is 2.17.